The van der Waals surface area contributed by atoms with E-state index in [-0.39, 0.29) is 11.7 Å². The second-order valence-electron chi connectivity index (χ2n) is 5.04. The number of halogens is 1. The first kappa shape index (κ1) is 15.9. The Morgan fingerprint density at radius 2 is 2.19 bits per heavy atom. The van der Waals surface area contributed by atoms with Crippen molar-refractivity contribution in [1.29, 1.82) is 0 Å². The summed E-state index contributed by atoms with van der Waals surface area (Å²) in [5.41, 5.74) is 6.11. The number of nitrogens with two attached hydrogens (primary N) is 1. The van der Waals surface area contributed by atoms with Crippen LogP contribution in [0.5, 0.6) is 0 Å². The molecular weight excluding hydrogens is 273 g/mol. The Hall–Kier alpha value is -1.50. The number of benzene rings is 1. The Morgan fingerprint density at radius 3 is 2.86 bits per heavy atom. The summed E-state index contributed by atoms with van der Waals surface area (Å²) in [7, 11) is 0. The fraction of sp³-hybridized carbons (Fsp3) is 0.533. The number of amides is 1. The Bertz CT molecular complexity index is 464. The van der Waals surface area contributed by atoms with E-state index in [2.05, 4.69) is 5.32 Å². The third-order valence-corrected chi connectivity index (χ3v) is 3.50. The summed E-state index contributed by atoms with van der Waals surface area (Å²) >= 11 is 0. The van der Waals surface area contributed by atoms with E-state index >= 15 is 0 Å². The van der Waals surface area contributed by atoms with Gasteiger partial charge in [0.05, 0.1) is 13.2 Å². The van der Waals surface area contributed by atoms with E-state index in [1.165, 1.54) is 12.1 Å². The summed E-state index contributed by atoms with van der Waals surface area (Å²) in [4.78, 5) is 14.5. The van der Waals surface area contributed by atoms with Gasteiger partial charge in [-0.2, -0.15) is 0 Å². The molecule has 21 heavy (non-hydrogen) atoms. The van der Waals surface area contributed by atoms with Crippen LogP contribution in [0.25, 0.3) is 0 Å². The number of hydrogen-bond donors (Lipinski definition) is 2. The van der Waals surface area contributed by atoms with Gasteiger partial charge in [0.2, 0.25) is 5.91 Å². The van der Waals surface area contributed by atoms with Crippen molar-refractivity contribution in [3.8, 4) is 0 Å². The van der Waals surface area contributed by atoms with Gasteiger partial charge in [0.1, 0.15) is 11.9 Å². The molecule has 1 aliphatic heterocycles. The molecule has 0 aromatic heterocycles. The van der Waals surface area contributed by atoms with Gasteiger partial charge in [-0.1, -0.05) is 12.1 Å². The van der Waals surface area contributed by atoms with E-state index in [4.69, 9.17) is 10.5 Å². The highest BCUT2D eigenvalue weighted by molar-refractivity contribution is 5.83. The third-order valence-electron chi connectivity index (χ3n) is 3.50. The molecule has 1 saturated heterocycles. The molecule has 1 unspecified atom stereocenters. The molecule has 1 fully saturated rings. The van der Waals surface area contributed by atoms with E-state index in [0.29, 0.717) is 45.0 Å². The minimum absolute atomic E-state index is 0.115. The zero-order valence-corrected chi connectivity index (χ0v) is 12.1. The van der Waals surface area contributed by atoms with Gasteiger partial charge in [0.25, 0.3) is 0 Å². The van der Waals surface area contributed by atoms with Gasteiger partial charge < -0.3 is 15.8 Å². The lowest BCUT2D eigenvalue weighted by Gasteiger charge is -2.33. The maximum atomic E-state index is 13.5. The molecule has 1 atom stereocenters. The van der Waals surface area contributed by atoms with Crippen LogP contribution in [-0.2, 0) is 9.53 Å². The van der Waals surface area contributed by atoms with Crippen LogP contribution >= 0.6 is 0 Å². The maximum absolute atomic E-state index is 13.5. The lowest BCUT2D eigenvalue weighted by atomic mass is 10.0. The number of carbonyl (C=O) groups excluding carboxylic acids is 1. The van der Waals surface area contributed by atoms with Gasteiger partial charge in [-0.05, 0) is 30.7 Å². The van der Waals surface area contributed by atoms with Crippen molar-refractivity contribution in [3.05, 3.63) is 35.6 Å². The maximum Gasteiger partial charge on any atom is 0.241 e. The zero-order valence-electron chi connectivity index (χ0n) is 12.1. The van der Waals surface area contributed by atoms with Gasteiger partial charge in [-0.15, -0.1) is 0 Å². The van der Waals surface area contributed by atoms with Gasteiger partial charge in [-0.25, -0.2) is 4.39 Å². The standard InChI is InChI=1S/C15H22FN3O2/c16-13-4-1-3-12(11-13)14(15(20)18-6-2-5-17)19-7-9-21-10-8-19/h1,3-4,11,14H,2,5-10,17H2,(H,18,20). The molecule has 0 bridgehead atoms. The van der Waals surface area contributed by atoms with Crippen molar-refractivity contribution in [1.82, 2.24) is 10.2 Å². The fourth-order valence-electron chi connectivity index (χ4n) is 2.45. The second kappa shape index (κ2) is 8.07. The Morgan fingerprint density at radius 1 is 1.43 bits per heavy atom. The minimum Gasteiger partial charge on any atom is -0.379 e. The van der Waals surface area contributed by atoms with Crippen molar-refractivity contribution in [2.24, 2.45) is 5.73 Å². The van der Waals surface area contributed by atoms with E-state index < -0.39 is 6.04 Å². The normalized spacial score (nSPS) is 17.4. The number of ether oxygens (including phenoxy) is 1. The Labute approximate surface area is 124 Å². The molecule has 0 radical (unpaired) electrons. The molecular formula is C15H22FN3O2. The third kappa shape index (κ3) is 4.49. The van der Waals surface area contributed by atoms with Crippen molar-refractivity contribution in [2.75, 3.05) is 39.4 Å². The van der Waals surface area contributed by atoms with Crippen LogP contribution in [0.4, 0.5) is 4.39 Å². The minimum atomic E-state index is -0.484. The number of nitrogens with zero attached hydrogens (tertiary/aromatic N) is 1. The largest absolute Gasteiger partial charge is 0.379 e. The average Bonchev–Trinajstić information content (AvgIpc) is 2.49. The number of morpholine rings is 1. The predicted octanol–water partition coefficient (Wildman–Crippen LogP) is 0.664. The molecule has 1 aliphatic rings. The van der Waals surface area contributed by atoms with Crippen LogP contribution in [0.3, 0.4) is 0 Å². The van der Waals surface area contributed by atoms with Crippen LogP contribution in [0.2, 0.25) is 0 Å². The molecule has 6 heteroatoms. The van der Waals surface area contributed by atoms with Crippen LogP contribution < -0.4 is 11.1 Å². The highest BCUT2D eigenvalue weighted by atomic mass is 19.1. The van der Waals surface area contributed by atoms with Crippen molar-refractivity contribution < 1.29 is 13.9 Å². The van der Waals surface area contributed by atoms with Crippen LogP contribution in [-0.4, -0.2) is 50.2 Å². The summed E-state index contributed by atoms with van der Waals surface area (Å²) < 4.78 is 18.8. The molecule has 0 saturated carbocycles. The zero-order chi connectivity index (χ0) is 15.1. The number of carbonyl (C=O) groups is 1. The molecule has 0 aliphatic carbocycles. The molecule has 1 heterocycles. The van der Waals surface area contributed by atoms with Gasteiger partial charge in [0, 0.05) is 19.6 Å². The average molecular weight is 295 g/mol. The van der Waals surface area contributed by atoms with E-state index in [0.717, 1.165) is 6.42 Å². The molecule has 1 amide bonds. The highest BCUT2D eigenvalue weighted by Crippen LogP contribution is 2.22. The molecule has 1 aromatic rings. The Balaban J connectivity index is 2.15. The SMILES string of the molecule is NCCCNC(=O)C(c1cccc(F)c1)N1CCOCC1. The fourth-order valence-corrected chi connectivity index (χ4v) is 2.45. The summed E-state index contributed by atoms with van der Waals surface area (Å²) in [6.07, 6.45) is 0.727. The number of nitrogens with one attached hydrogen (secondary N) is 1. The first-order valence-corrected chi connectivity index (χ1v) is 7.27. The molecule has 3 N–H and O–H groups in total. The first-order chi connectivity index (χ1) is 10.2. The smallest absolute Gasteiger partial charge is 0.241 e. The second-order valence-corrected chi connectivity index (χ2v) is 5.04. The van der Waals surface area contributed by atoms with Crippen molar-refractivity contribution in [3.63, 3.8) is 0 Å². The monoisotopic (exact) mass is 295 g/mol. The molecule has 1 aromatic carbocycles. The highest BCUT2D eigenvalue weighted by Gasteiger charge is 2.28. The van der Waals surface area contributed by atoms with Crippen LogP contribution in [0.15, 0.2) is 24.3 Å². The van der Waals surface area contributed by atoms with E-state index in [9.17, 15) is 9.18 Å². The van der Waals surface area contributed by atoms with Crippen LogP contribution in [0.1, 0.15) is 18.0 Å². The summed E-state index contributed by atoms with van der Waals surface area (Å²) in [6, 6.07) is 5.73. The number of rotatable bonds is 6. The molecule has 2 rings (SSSR count). The molecule has 0 spiro atoms. The predicted molar refractivity (Wildman–Crippen MR) is 78.2 cm³/mol. The van der Waals surface area contributed by atoms with E-state index in [1.807, 2.05) is 4.90 Å². The lowest BCUT2D eigenvalue weighted by Crippen LogP contribution is -2.46. The topological polar surface area (TPSA) is 67.6 Å². The first-order valence-electron chi connectivity index (χ1n) is 7.27. The van der Waals surface area contributed by atoms with Crippen molar-refractivity contribution in [2.45, 2.75) is 12.5 Å². The van der Waals surface area contributed by atoms with Gasteiger partial charge in [-0.3, -0.25) is 9.69 Å². The lowest BCUT2D eigenvalue weighted by molar-refractivity contribution is -0.128. The molecule has 5 nitrogen and oxygen atoms in total. The Kier molecular flexibility index (Phi) is 6.10. The summed E-state index contributed by atoms with van der Waals surface area (Å²) in [5.74, 6) is -0.448. The van der Waals surface area contributed by atoms with Crippen molar-refractivity contribution >= 4 is 5.91 Å². The summed E-state index contributed by atoms with van der Waals surface area (Å²) in [6.45, 7) is 3.55. The summed E-state index contributed by atoms with van der Waals surface area (Å²) in [5, 5.41) is 2.88. The van der Waals surface area contributed by atoms with Gasteiger partial charge in [0.15, 0.2) is 0 Å². The van der Waals surface area contributed by atoms with E-state index in [1.54, 1.807) is 12.1 Å². The molecule has 116 valence electrons. The van der Waals surface area contributed by atoms with Gasteiger partial charge >= 0.3 is 0 Å². The quantitative estimate of drug-likeness (QED) is 0.757. The number of hydrogen-bond acceptors (Lipinski definition) is 4. The van der Waals surface area contributed by atoms with Crippen LogP contribution in [0, 0.1) is 5.82 Å².